The van der Waals surface area contributed by atoms with Crippen LogP contribution in [0.2, 0.25) is 0 Å². The summed E-state index contributed by atoms with van der Waals surface area (Å²) in [6.45, 7) is 0.267. The van der Waals surface area contributed by atoms with E-state index in [1.54, 1.807) is 18.4 Å². The quantitative estimate of drug-likeness (QED) is 0.827. The maximum Gasteiger partial charge on any atom is 0.277 e. The molecule has 1 amide bonds. The van der Waals surface area contributed by atoms with Gasteiger partial charge in [0.25, 0.3) is 11.8 Å². The Hall–Kier alpha value is -1.01. The van der Waals surface area contributed by atoms with Crippen LogP contribution < -0.4 is 11.1 Å². The number of nitrogens with one attached hydrogen (secondary N) is 1. The number of aryl methyl sites for hydroxylation is 1. The van der Waals surface area contributed by atoms with Crippen molar-refractivity contribution in [2.45, 2.75) is 12.8 Å². The van der Waals surface area contributed by atoms with E-state index >= 15 is 0 Å². The summed E-state index contributed by atoms with van der Waals surface area (Å²) in [5.41, 5.74) is 5.63. The fraction of sp³-hybridized carbons (Fsp3) is 0.444. The van der Waals surface area contributed by atoms with E-state index in [0.717, 1.165) is 5.56 Å². The van der Waals surface area contributed by atoms with E-state index in [4.69, 9.17) is 5.73 Å². The Balaban J connectivity index is 2.55. The van der Waals surface area contributed by atoms with Gasteiger partial charge in [0.1, 0.15) is 0 Å². The second-order valence-corrected chi connectivity index (χ2v) is 4.09. The molecule has 0 aliphatic heterocycles. The lowest BCUT2D eigenvalue weighted by Gasteiger charge is -2.14. The Morgan fingerprint density at radius 3 is 2.80 bits per heavy atom. The Labute approximate surface area is 90.3 Å². The van der Waals surface area contributed by atoms with E-state index in [-0.39, 0.29) is 0 Å². The van der Waals surface area contributed by atoms with Gasteiger partial charge < -0.3 is 11.1 Å². The minimum Gasteiger partial charge on any atom is -0.345 e. The summed E-state index contributed by atoms with van der Waals surface area (Å²) in [7, 11) is 0. The van der Waals surface area contributed by atoms with Crippen LogP contribution in [0.25, 0.3) is 0 Å². The predicted octanol–water partition coefficient (Wildman–Crippen LogP) is 1.38. The Kier molecular flexibility index (Phi) is 3.76. The number of carbonyl (C=O) groups excluding carboxylic acids is 1. The number of halogens is 2. The van der Waals surface area contributed by atoms with Crippen molar-refractivity contribution in [3.8, 4) is 0 Å². The fourth-order valence-corrected chi connectivity index (χ4v) is 1.81. The number of alkyl halides is 2. The van der Waals surface area contributed by atoms with Gasteiger partial charge in [-0.2, -0.15) is 0 Å². The zero-order chi connectivity index (χ0) is 11.5. The summed E-state index contributed by atoms with van der Waals surface area (Å²) in [4.78, 5) is 11.9. The molecule has 0 aliphatic carbocycles. The molecule has 1 heterocycles. The van der Waals surface area contributed by atoms with Gasteiger partial charge in [-0.05, 0) is 23.9 Å². The number of rotatable bonds is 4. The maximum absolute atomic E-state index is 12.7. The van der Waals surface area contributed by atoms with Gasteiger partial charge in [0.05, 0.1) is 18.0 Å². The number of thiophene rings is 1. The van der Waals surface area contributed by atoms with Crippen molar-refractivity contribution < 1.29 is 13.6 Å². The van der Waals surface area contributed by atoms with E-state index < -0.39 is 24.9 Å². The molecule has 0 spiro atoms. The first-order valence-electron chi connectivity index (χ1n) is 4.36. The zero-order valence-corrected chi connectivity index (χ0v) is 9.04. The van der Waals surface area contributed by atoms with Gasteiger partial charge in [0.15, 0.2) is 0 Å². The molecule has 0 aliphatic rings. The van der Waals surface area contributed by atoms with Crippen LogP contribution in [0.4, 0.5) is 8.78 Å². The molecular formula is C9H12F2N2OS. The summed E-state index contributed by atoms with van der Waals surface area (Å²) < 4.78 is 25.4. The van der Waals surface area contributed by atoms with Crippen LogP contribution in [0.5, 0.6) is 0 Å². The van der Waals surface area contributed by atoms with E-state index in [2.05, 4.69) is 5.32 Å². The van der Waals surface area contributed by atoms with Gasteiger partial charge in [-0.25, -0.2) is 8.78 Å². The van der Waals surface area contributed by atoms with Crippen molar-refractivity contribution in [2.75, 3.05) is 13.1 Å². The minimum atomic E-state index is -3.04. The molecule has 1 aromatic rings. The SMILES string of the molecule is Cc1ccsc1C(=O)NCC(F)(F)CN. The van der Waals surface area contributed by atoms with Crippen molar-refractivity contribution in [3.05, 3.63) is 21.9 Å². The normalized spacial score (nSPS) is 11.5. The Morgan fingerprint density at radius 2 is 2.33 bits per heavy atom. The Morgan fingerprint density at radius 1 is 1.67 bits per heavy atom. The molecule has 84 valence electrons. The molecule has 0 fully saturated rings. The third-order valence-corrected chi connectivity index (χ3v) is 2.89. The summed E-state index contributed by atoms with van der Waals surface area (Å²) in [6, 6.07) is 1.76. The molecule has 0 radical (unpaired) electrons. The molecule has 1 aromatic heterocycles. The summed E-state index contributed by atoms with van der Waals surface area (Å²) in [6.07, 6.45) is 0. The highest BCUT2D eigenvalue weighted by Gasteiger charge is 2.27. The molecule has 3 N–H and O–H groups in total. The molecule has 0 unspecified atom stereocenters. The molecule has 0 saturated carbocycles. The van der Waals surface area contributed by atoms with E-state index in [1.165, 1.54) is 11.3 Å². The predicted molar refractivity (Wildman–Crippen MR) is 55.4 cm³/mol. The van der Waals surface area contributed by atoms with E-state index in [9.17, 15) is 13.6 Å². The first-order valence-corrected chi connectivity index (χ1v) is 5.24. The van der Waals surface area contributed by atoms with Crippen molar-refractivity contribution in [1.29, 1.82) is 0 Å². The van der Waals surface area contributed by atoms with Crippen LogP contribution in [-0.2, 0) is 0 Å². The molecule has 0 bridgehead atoms. The van der Waals surface area contributed by atoms with Gasteiger partial charge >= 0.3 is 0 Å². The van der Waals surface area contributed by atoms with Crippen molar-refractivity contribution >= 4 is 17.2 Å². The standard InChI is InChI=1S/C9H12F2N2OS/c1-6-2-3-15-7(6)8(14)13-5-9(10,11)4-12/h2-3H,4-5,12H2,1H3,(H,13,14). The number of hydrogen-bond donors (Lipinski definition) is 2. The summed E-state index contributed by atoms with van der Waals surface area (Å²) >= 11 is 1.23. The van der Waals surface area contributed by atoms with Gasteiger partial charge in [-0.15, -0.1) is 11.3 Å². The lowest BCUT2D eigenvalue weighted by atomic mass is 10.2. The van der Waals surface area contributed by atoms with Crippen LogP contribution in [0.1, 0.15) is 15.2 Å². The van der Waals surface area contributed by atoms with Crippen molar-refractivity contribution in [3.63, 3.8) is 0 Å². The van der Waals surface area contributed by atoms with E-state index in [1.807, 2.05) is 0 Å². The van der Waals surface area contributed by atoms with Crippen LogP contribution >= 0.6 is 11.3 Å². The maximum atomic E-state index is 12.7. The highest BCUT2D eigenvalue weighted by Crippen LogP contribution is 2.16. The van der Waals surface area contributed by atoms with Crippen LogP contribution in [0.3, 0.4) is 0 Å². The lowest BCUT2D eigenvalue weighted by molar-refractivity contribution is 0.0119. The van der Waals surface area contributed by atoms with Gasteiger partial charge in [-0.3, -0.25) is 4.79 Å². The van der Waals surface area contributed by atoms with Crippen molar-refractivity contribution in [2.24, 2.45) is 5.73 Å². The second-order valence-electron chi connectivity index (χ2n) is 3.18. The minimum absolute atomic E-state index is 0.461. The average Bonchev–Trinajstić information content (AvgIpc) is 2.61. The number of nitrogens with two attached hydrogens (primary N) is 1. The topological polar surface area (TPSA) is 55.1 Å². The smallest absolute Gasteiger partial charge is 0.277 e. The van der Waals surface area contributed by atoms with Gasteiger partial charge in [0, 0.05) is 0 Å². The van der Waals surface area contributed by atoms with Gasteiger partial charge in [-0.1, -0.05) is 0 Å². The van der Waals surface area contributed by atoms with Crippen LogP contribution in [-0.4, -0.2) is 24.9 Å². The first-order chi connectivity index (χ1) is 6.96. The van der Waals surface area contributed by atoms with E-state index in [0.29, 0.717) is 4.88 Å². The van der Waals surface area contributed by atoms with Crippen LogP contribution in [0.15, 0.2) is 11.4 Å². The Bertz CT molecular complexity index is 352. The monoisotopic (exact) mass is 234 g/mol. The molecule has 0 aromatic carbocycles. The number of carbonyl (C=O) groups is 1. The third-order valence-electron chi connectivity index (χ3n) is 1.87. The highest BCUT2D eigenvalue weighted by atomic mass is 32.1. The first kappa shape index (κ1) is 12.1. The molecule has 6 heteroatoms. The zero-order valence-electron chi connectivity index (χ0n) is 8.22. The number of hydrogen-bond acceptors (Lipinski definition) is 3. The summed E-state index contributed by atoms with van der Waals surface area (Å²) in [5.74, 6) is -3.52. The molecule has 15 heavy (non-hydrogen) atoms. The molecule has 1 rings (SSSR count). The largest absolute Gasteiger partial charge is 0.345 e. The van der Waals surface area contributed by atoms with Crippen molar-refractivity contribution in [1.82, 2.24) is 5.32 Å². The average molecular weight is 234 g/mol. The number of amides is 1. The second kappa shape index (κ2) is 4.67. The summed E-state index contributed by atoms with van der Waals surface area (Å²) in [5, 5.41) is 3.90. The lowest BCUT2D eigenvalue weighted by Crippen LogP contribution is -2.41. The third kappa shape index (κ3) is 3.24. The highest BCUT2D eigenvalue weighted by molar-refractivity contribution is 7.12. The van der Waals surface area contributed by atoms with Crippen LogP contribution in [0, 0.1) is 6.92 Å². The molecule has 0 atom stereocenters. The molecule has 3 nitrogen and oxygen atoms in total. The molecular weight excluding hydrogens is 222 g/mol. The van der Waals surface area contributed by atoms with Gasteiger partial charge in [0.2, 0.25) is 0 Å². The molecule has 0 saturated heterocycles. The fourth-order valence-electron chi connectivity index (χ4n) is 0.967.